The number of benzene rings is 1. The molecule has 14 heavy (non-hydrogen) atoms. The second-order valence-corrected chi connectivity index (χ2v) is 3.54. The first kappa shape index (κ1) is 9.09. The van der Waals surface area contributed by atoms with Crippen LogP contribution < -0.4 is 0 Å². The number of halogens is 1. The number of carboxylic acids is 1. The number of rotatable bonds is 1. The molecule has 0 atom stereocenters. The van der Waals surface area contributed by atoms with Gasteiger partial charge in [0.1, 0.15) is 0 Å². The highest BCUT2D eigenvalue weighted by atomic mass is 35.5. The van der Waals surface area contributed by atoms with Gasteiger partial charge >= 0.3 is 5.97 Å². The van der Waals surface area contributed by atoms with Crippen molar-refractivity contribution >= 4 is 28.3 Å². The molecule has 0 amide bonds. The Bertz CT molecular complexity index is 516. The van der Waals surface area contributed by atoms with Crippen LogP contribution >= 0.6 is 11.6 Å². The number of aromatic carboxylic acids is 1. The van der Waals surface area contributed by atoms with Gasteiger partial charge in [0.15, 0.2) is 0 Å². The van der Waals surface area contributed by atoms with Gasteiger partial charge in [-0.25, -0.2) is 4.79 Å². The number of carbonyl (C=O) groups is 1. The van der Waals surface area contributed by atoms with Crippen molar-refractivity contribution in [1.82, 2.24) is 4.57 Å². The molecule has 2 rings (SSSR count). The zero-order valence-electron chi connectivity index (χ0n) is 7.49. The lowest BCUT2D eigenvalue weighted by atomic mass is 10.1. The van der Waals surface area contributed by atoms with Gasteiger partial charge in [-0.2, -0.15) is 0 Å². The molecule has 0 aliphatic carbocycles. The monoisotopic (exact) mass is 209 g/mol. The Morgan fingerprint density at radius 3 is 2.79 bits per heavy atom. The summed E-state index contributed by atoms with van der Waals surface area (Å²) >= 11 is 5.96. The number of aromatic nitrogens is 1. The van der Waals surface area contributed by atoms with Gasteiger partial charge in [-0.05, 0) is 6.07 Å². The molecule has 0 aliphatic rings. The number of fused-ring (bicyclic) bond motifs is 1. The van der Waals surface area contributed by atoms with Gasteiger partial charge in [0.25, 0.3) is 0 Å². The highest BCUT2D eigenvalue weighted by Crippen LogP contribution is 2.27. The van der Waals surface area contributed by atoms with Crippen LogP contribution in [0.4, 0.5) is 0 Å². The molecule has 0 saturated carbocycles. The topological polar surface area (TPSA) is 42.2 Å². The first-order chi connectivity index (χ1) is 6.59. The van der Waals surface area contributed by atoms with E-state index in [9.17, 15) is 4.79 Å². The molecule has 1 aromatic heterocycles. The highest BCUT2D eigenvalue weighted by molar-refractivity contribution is 6.38. The third-order valence-electron chi connectivity index (χ3n) is 2.12. The summed E-state index contributed by atoms with van der Waals surface area (Å²) in [6.45, 7) is 0. The molecule has 0 bridgehead atoms. The maximum atomic E-state index is 10.8. The van der Waals surface area contributed by atoms with E-state index >= 15 is 0 Å². The molecule has 0 spiro atoms. The molecule has 1 N–H and O–H groups in total. The van der Waals surface area contributed by atoms with E-state index in [1.807, 2.05) is 24.0 Å². The minimum Gasteiger partial charge on any atom is -0.478 e. The Morgan fingerprint density at radius 1 is 1.43 bits per heavy atom. The summed E-state index contributed by atoms with van der Waals surface area (Å²) in [5.41, 5.74) is 0.144. The maximum Gasteiger partial charge on any atom is 0.337 e. The molecule has 0 fully saturated rings. The van der Waals surface area contributed by atoms with Crippen LogP contribution in [0, 0.1) is 0 Å². The molecule has 1 aromatic carbocycles. The predicted molar refractivity (Wildman–Crippen MR) is 54.9 cm³/mol. The summed E-state index contributed by atoms with van der Waals surface area (Å²) in [7, 11) is 1.87. The van der Waals surface area contributed by atoms with Crippen LogP contribution in [0.2, 0.25) is 5.02 Å². The molecule has 1 heterocycles. The molecule has 0 aliphatic heterocycles. The number of hydrogen-bond donors (Lipinski definition) is 1. The van der Waals surface area contributed by atoms with Crippen LogP contribution in [0.1, 0.15) is 10.4 Å². The lowest BCUT2D eigenvalue weighted by Gasteiger charge is -1.98. The van der Waals surface area contributed by atoms with Crippen LogP contribution in [0.25, 0.3) is 10.8 Å². The predicted octanol–water partition coefficient (Wildman–Crippen LogP) is 2.53. The normalized spacial score (nSPS) is 10.7. The van der Waals surface area contributed by atoms with E-state index in [4.69, 9.17) is 16.7 Å². The fourth-order valence-electron chi connectivity index (χ4n) is 1.48. The van der Waals surface area contributed by atoms with E-state index in [0.717, 1.165) is 10.8 Å². The van der Waals surface area contributed by atoms with E-state index in [1.165, 1.54) is 6.07 Å². The molecule has 0 saturated heterocycles. The highest BCUT2D eigenvalue weighted by Gasteiger charge is 2.12. The van der Waals surface area contributed by atoms with Crippen molar-refractivity contribution in [3.63, 3.8) is 0 Å². The molecule has 0 radical (unpaired) electrons. The SMILES string of the molecule is Cn1cc2ccc(C(=O)O)c(Cl)c2c1. The Morgan fingerprint density at radius 2 is 2.14 bits per heavy atom. The van der Waals surface area contributed by atoms with Crippen LogP contribution in [-0.2, 0) is 7.05 Å². The second kappa shape index (κ2) is 3.03. The number of hydrogen-bond acceptors (Lipinski definition) is 1. The first-order valence-electron chi connectivity index (χ1n) is 4.07. The molecule has 0 unspecified atom stereocenters. The molecular weight excluding hydrogens is 202 g/mol. The van der Waals surface area contributed by atoms with Gasteiger partial charge in [0.05, 0.1) is 10.6 Å². The number of carboxylic acid groups (broad SMARTS) is 1. The summed E-state index contributed by atoms with van der Waals surface area (Å²) in [5.74, 6) is -0.999. The fourth-order valence-corrected chi connectivity index (χ4v) is 1.78. The number of aryl methyl sites for hydroxylation is 1. The van der Waals surface area contributed by atoms with E-state index in [-0.39, 0.29) is 5.56 Å². The summed E-state index contributed by atoms with van der Waals surface area (Å²) in [6, 6.07) is 3.28. The summed E-state index contributed by atoms with van der Waals surface area (Å²) in [4.78, 5) is 10.8. The van der Waals surface area contributed by atoms with E-state index < -0.39 is 5.97 Å². The molecular formula is C10H8ClNO2. The van der Waals surface area contributed by atoms with Crippen LogP contribution in [0.15, 0.2) is 24.5 Å². The average Bonchev–Trinajstić information content (AvgIpc) is 2.46. The summed E-state index contributed by atoms with van der Waals surface area (Å²) < 4.78 is 1.85. The van der Waals surface area contributed by atoms with Crippen LogP contribution in [0.5, 0.6) is 0 Å². The van der Waals surface area contributed by atoms with Gasteiger partial charge in [-0.3, -0.25) is 0 Å². The molecule has 3 nitrogen and oxygen atoms in total. The summed E-state index contributed by atoms with van der Waals surface area (Å²) in [6.07, 6.45) is 3.71. The van der Waals surface area contributed by atoms with E-state index in [2.05, 4.69) is 0 Å². The molecule has 2 aromatic rings. The molecule has 72 valence electrons. The van der Waals surface area contributed by atoms with Crippen molar-refractivity contribution in [2.75, 3.05) is 0 Å². The lowest BCUT2D eigenvalue weighted by molar-refractivity contribution is 0.0697. The average molecular weight is 210 g/mol. The van der Waals surface area contributed by atoms with Crippen LogP contribution in [-0.4, -0.2) is 15.6 Å². The van der Waals surface area contributed by atoms with Crippen molar-refractivity contribution in [3.05, 3.63) is 35.1 Å². The quantitative estimate of drug-likeness (QED) is 0.784. The van der Waals surface area contributed by atoms with Gasteiger partial charge in [0.2, 0.25) is 0 Å². The Hall–Kier alpha value is -1.48. The first-order valence-corrected chi connectivity index (χ1v) is 4.45. The van der Waals surface area contributed by atoms with Crippen molar-refractivity contribution < 1.29 is 9.90 Å². The van der Waals surface area contributed by atoms with E-state index in [0.29, 0.717) is 5.02 Å². The lowest BCUT2D eigenvalue weighted by Crippen LogP contribution is -1.96. The third kappa shape index (κ3) is 1.26. The van der Waals surface area contributed by atoms with Gasteiger partial charge in [-0.1, -0.05) is 17.7 Å². The smallest absolute Gasteiger partial charge is 0.337 e. The summed E-state index contributed by atoms with van der Waals surface area (Å²) in [5, 5.41) is 10.9. The minimum absolute atomic E-state index is 0.144. The maximum absolute atomic E-state index is 10.8. The Balaban J connectivity index is 2.80. The minimum atomic E-state index is -0.999. The Kier molecular flexibility index (Phi) is 1.97. The van der Waals surface area contributed by atoms with Crippen molar-refractivity contribution in [3.8, 4) is 0 Å². The standard InChI is InChI=1S/C10H8ClNO2/c1-12-4-6-2-3-7(10(13)14)9(11)8(6)5-12/h2-5H,1H3,(H,13,14). The zero-order chi connectivity index (χ0) is 10.3. The van der Waals surface area contributed by atoms with Gasteiger partial charge in [-0.15, -0.1) is 0 Å². The van der Waals surface area contributed by atoms with Crippen molar-refractivity contribution in [2.45, 2.75) is 0 Å². The van der Waals surface area contributed by atoms with Crippen molar-refractivity contribution in [1.29, 1.82) is 0 Å². The number of nitrogens with zero attached hydrogens (tertiary/aromatic N) is 1. The molecule has 4 heteroatoms. The van der Waals surface area contributed by atoms with Gasteiger partial charge < -0.3 is 9.67 Å². The Labute approximate surface area is 85.5 Å². The van der Waals surface area contributed by atoms with Crippen molar-refractivity contribution in [2.24, 2.45) is 7.05 Å². The largest absolute Gasteiger partial charge is 0.478 e. The second-order valence-electron chi connectivity index (χ2n) is 3.16. The van der Waals surface area contributed by atoms with Crippen LogP contribution in [0.3, 0.4) is 0 Å². The van der Waals surface area contributed by atoms with E-state index in [1.54, 1.807) is 6.07 Å². The fraction of sp³-hybridized carbons (Fsp3) is 0.100. The van der Waals surface area contributed by atoms with Gasteiger partial charge in [0, 0.05) is 30.2 Å². The third-order valence-corrected chi connectivity index (χ3v) is 2.53. The zero-order valence-corrected chi connectivity index (χ0v) is 8.25.